The molecule has 1 aliphatic heterocycles. The third-order valence-electron chi connectivity index (χ3n) is 6.51. The monoisotopic (exact) mass is 439 g/mol. The molecule has 0 aliphatic carbocycles. The molecule has 168 valence electrons. The van der Waals surface area contributed by atoms with Crippen LogP contribution in [0.25, 0.3) is 16.8 Å². The van der Waals surface area contributed by atoms with Crippen LogP contribution in [0.4, 0.5) is 5.82 Å². The third-order valence-corrected chi connectivity index (χ3v) is 6.51. The number of piperidine rings is 1. The van der Waals surface area contributed by atoms with Crippen LogP contribution in [0, 0.1) is 19.8 Å². The van der Waals surface area contributed by atoms with Crippen molar-refractivity contribution >= 4 is 17.2 Å². The van der Waals surface area contributed by atoms with Gasteiger partial charge in [0.1, 0.15) is 5.52 Å². The van der Waals surface area contributed by atoms with Crippen LogP contribution in [0.1, 0.15) is 29.5 Å². The summed E-state index contributed by atoms with van der Waals surface area (Å²) >= 11 is 0. The number of rotatable bonds is 5. The van der Waals surface area contributed by atoms with Gasteiger partial charge in [-0.25, -0.2) is 9.50 Å². The molecule has 2 aromatic carbocycles. The lowest BCUT2D eigenvalue weighted by Crippen LogP contribution is -2.40. The summed E-state index contributed by atoms with van der Waals surface area (Å²) in [6.45, 7) is 6.41. The van der Waals surface area contributed by atoms with E-state index < -0.39 is 0 Å². The van der Waals surface area contributed by atoms with Crippen molar-refractivity contribution in [3.8, 4) is 11.3 Å². The third kappa shape index (κ3) is 4.46. The molecule has 1 saturated heterocycles. The average molecular weight is 440 g/mol. The van der Waals surface area contributed by atoms with Gasteiger partial charge in [-0.15, -0.1) is 0 Å². The maximum absolute atomic E-state index is 12.7. The van der Waals surface area contributed by atoms with Crippen LogP contribution < -0.4 is 10.2 Å². The lowest BCUT2D eigenvalue weighted by molar-refractivity contribution is -0.125. The van der Waals surface area contributed by atoms with Crippen molar-refractivity contribution in [1.29, 1.82) is 0 Å². The highest BCUT2D eigenvalue weighted by Gasteiger charge is 2.26. The highest BCUT2D eigenvalue weighted by atomic mass is 16.1. The first-order valence-electron chi connectivity index (χ1n) is 11.6. The molecular formula is C27H29N5O. The first-order chi connectivity index (χ1) is 16.1. The second-order valence-electron chi connectivity index (χ2n) is 8.89. The molecule has 0 bridgehead atoms. The fraction of sp³-hybridized carbons (Fsp3) is 0.296. The minimum Gasteiger partial charge on any atom is -0.355 e. The predicted octanol–water partition coefficient (Wildman–Crippen LogP) is 4.55. The molecule has 0 unspecified atom stereocenters. The number of aryl methyl sites for hydroxylation is 2. The van der Waals surface area contributed by atoms with Gasteiger partial charge < -0.3 is 10.2 Å². The summed E-state index contributed by atoms with van der Waals surface area (Å²) in [5, 5.41) is 7.92. The standard InChI is InChI=1S/C27H29N5O/c1-19-8-9-20(2)23(16-19)24-17-25-26(28-12-15-32(25)30-24)31-13-10-22(11-14-31)27(33)29-18-21-6-4-3-5-7-21/h3-9,12,15-17,22H,10-11,13-14,18H2,1-2H3,(H,29,33). The number of amides is 1. The molecule has 1 amide bonds. The highest BCUT2D eigenvalue weighted by molar-refractivity contribution is 5.80. The highest BCUT2D eigenvalue weighted by Crippen LogP contribution is 2.30. The molecule has 0 atom stereocenters. The SMILES string of the molecule is Cc1ccc(C)c(-c2cc3c(N4CCC(C(=O)NCc5ccccc5)CC4)nccn3n2)c1. The molecule has 6 heteroatoms. The van der Waals surface area contributed by atoms with Crippen molar-refractivity contribution in [2.75, 3.05) is 18.0 Å². The van der Waals surface area contributed by atoms with Crippen molar-refractivity contribution in [2.45, 2.75) is 33.2 Å². The minimum absolute atomic E-state index is 0.0418. The van der Waals surface area contributed by atoms with E-state index in [2.05, 4.69) is 53.3 Å². The van der Waals surface area contributed by atoms with Gasteiger partial charge in [0.15, 0.2) is 5.82 Å². The Kier molecular flexibility index (Phi) is 5.82. The Bertz CT molecular complexity index is 1270. The number of fused-ring (bicyclic) bond motifs is 1. The van der Waals surface area contributed by atoms with Crippen molar-refractivity contribution in [3.63, 3.8) is 0 Å². The van der Waals surface area contributed by atoms with Gasteiger partial charge in [-0.05, 0) is 49.9 Å². The normalized spacial score (nSPS) is 14.5. The number of aromatic nitrogens is 3. The maximum atomic E-state index is 12.7. The number of benzene rings is 2. The van der Waals surface area contributed by atoms with Gasteiger partial charge in [0.05, 0.1) is 5.69 Å². The molecular weight excluding hydrogens is 410 g/mol. The number of nitrogens with one attached hydrogen (secondary N) is 1. The van der Waals surface area contributed by atoms with Crippen LogP contribution >= 0.6 is 0 Å². The first-order valence-corrected chi connectivity index (χ1v) is 11.6. The van der Waals surface area contributed by atoms with Crippen molar-refractivity contribution in [2.24, 2.45) is 5.92 Å². The van der Waals surface area contributed by atoms with E-state index in [1.807, 2.05) is 41.0 Å². The molecule has 0 radical (unpaired) electrons. The molecule has 1 aliphatic rings. The number of carbonyl (C=O) groups excluding carboxylic acids is 1. The van der Waals surface area contributed by atoms with E-state index in [4.69, 9.17) is 5.10 Å². The Labute approximate surface area is 194 Å². The van der Waals surface area contributed by atoms with Gasteiger partial charge in [-0.1, -0.05) is 48.0 Å². The summed E-state index contributed by atoms with van der Waals surface area (Å²) in [5.41, 5.74) is 6.67. The lowest BCUT2D eigenvalue weighted by Gasteiger charge is -2.32. The van der Waals surface area contributed by atoms with Crippen molar-refractivity contribution in [1.82, 2.24) is 19.9 Å². The van der Waals surface area contributed by atoms with Crippen LogP contribution in [0.2, 0.25) is 0 Å². The molecule has 0 saturated carbocycles. The van der Waals surface area contributed by atoms with E-state index in [9.17, 15) is 4.79 Å². The molecule has 5 rings (SSSR count). The molecule has 2 aromatic heterocycles. The van der Waals surface area contributed by atoms with E-state index in [-0.39, 0.29) is 11.8 Å². The number of anilines is 1. The number of hydrogen-bond acceptors (Lipinski definition) is 4. The zero-order chi connectivity index (χ0) is 22.8. The summed E-state index contributed by atoms with van der Waals surface area (Å²) in [4.78, 5) is 19.7. The summed E-state index contributed by atoms with van der Waals surface area (Å²) in [7, 11) is 0. The van der Waals surface area contributed by atoms with Crippen LogP contribution in [0.15, 0.2) is 67.0 Å². The second kappa shape index (κ2) is 9.06. The quantitative estimate of drug-likeness (QED) is 0.496. The number of nitrogens with zero attached hydrogens (tertiary/aromatic N) is 4. The van der Waals surface area contributed by atoms with Crippen LogP contribution in [0.3, 0.4) is 0 Å². The molecule has 1 N–H and O–H groups in total. The number of hydrogen-bond donors (Lipinski definition) is 1. The van der Waals surface area contributed by atoms with E-state index >= 15 is 0 Å². The Morgan fingerprint density at radius 2 is 1.85 bits per heavy atom. The average Bonchev–Trinajstić information content (AvgIpc) is 3.29. The zero-order valence-electron chi connectivity index (χ0n) is 19.2. The molecule has 1 fully saturated rings. The van der Waals surface area contributed by atoms with Crippen LogP contribution in [0.5, 0.6) is 0 Å². The van der Waals surface area contributed by atoms with E-state index in [0.717, 1.165) is 54.1 Å². The summed E-state index contributed by atoms with van der Waals surface area (Å²) in [6.07, 6.45) is 5.35. The summed E-state index contributed by atoms with van der Waals surface area (Å²) in [6, 6.07) is 18.6. The Balaban J connectivity index is 1.29. The molecule has 3 heterocycles. The van der Waals surface area contributed by atoms with Gasteiger partial charge in [0.2, 0.25) is 5.91 Å². The van der Waals surface area contributed by atoms with Gasteiger partial charge in [0, 0.05) is 43.5 Å². The van der Waals surface area contributed by atoms with E-state index in [0.29, 0.717) is 6.54 Å². The summed E-state index contributed by atoms with van der Waals surface area (Å²) < 4.78 is 1.91. The lowest BCUT2D eigenvalue weighted by atomic mass is 9.95. The van der Waals surface area contributed by atoms with Crippen LogP contribution in [-0.2, 0) is 11.3 Å². The van der Waals surface area contributed by atoms with Gasteiger partial charge >= 0.3 is 0 Å². The van der Waals surface area contributed by atoms with Gasteiger partial charge in [-0.2, -0.15) is 5.10 Å². The fourth-order valence-electron chi connectivity index (χ4n) is 4.58. The molecule has 4 aromatic rings. The number of carbonyl (C=O) groups is 1. The van der Waals surface area contributed by atoms with E-state index in [1.54, 1.807) is 6.20 Å². The Hall–Kier alpha value is -3.67. The Morgan fingerprint density at radius 1 is 1.06 bits per heavy atom. The van der Waals surface area contributed by atoms with Crippen molar-refractivity contribution in [3.05, 3.63) is 83.7 Å². The zero-order valence-corrected chi connectivity index (χ0v) is 19.2. The molecule has 0 spiro atoms. The summed E-state index contributed by atoms with van der Waals surface area (Å²) in [5.74, 6) is 1.12. The first kappa shape index (κ1) is 21.2. The minimum atomic E-state index is 0.0418. The predicted molar refractivity (Wildman–Crippen MR) is 131 cm³/mol. The smallest absolute Gasteiger partial charge is 0.223 e. The largest absolute Gasteiger partial charge is 0.355 e. The van der Waals surface area contributed by atoms with Crippen molar-refractivity contribution < 1.29 is 4.79 Å². The van der Waals surface area contributed by atoms with Gasteiger partial charge in [-0.3, -0.25) is 4.79 Å². The molecule has 33 heavy (non-hydrogen) atoms. The second-order valence-corrected chi connectivity index (χ2v) is 8.89. The Morgan fingerprint density at radius 3 is 2.64 bits per heavy atom. The topological polar surface area (TPSA) is 62.5 Å². The fourth-order valence-corrected chi connectivity index (χ4v) is 4.58. The molecule has 6 nitrogen and oxygen atoms in total. The van der Waals surface area contributed by atoms with E-state index in [1.165, 1.54) is 11.1 Å². The van der Waals surface area contributed by atoms with Gasteiger partial charge in [0.25, 0.3) is 0 Å². The maximum Gasteiger partial charge on any atom is 0.223 e. The van der Waals surface area contributed by atoms with Crippen LogP contribution in [-0.4, -0.2) is 33.6 Å².